The zero-order valence-corrected chi connectivity index (χ0v) is 8.89. The summed E-state index contributed by atoms with van der Waals surface area (Å²) in [6.07, 6.45) is 5.31. The molecule has 1 atom stereocenters. The number of ketones is 1. The highest BCUT2D eigenvalue weighted by molar-refractivity contribution is 8.00. The quantitative estimate of drug-likeness (QED) is 0.765. The van der Waals surface area contributed by atoms with Crippen LogP contribution in [0.25, 0.3) is 0 Å². The molecule has 2 rings (SSSR count). The molecule has 2 nitrogen and oxygen atoms in total. The molecule has 1 aliphatic rings. The molecule has 0 aromatic carbocycles. The van der Waals surface area contributed by atoms with E-state index < -0.39 is 0 Å². The number of hydrogen-bond acceptors (Lipinski definition) is 3. The van der Waals surface area contributed by atoms with E-state index in [1.807, 2.05) is 23.9 Å². The van der Waals surface area contributed by atoms with Crippen molar-refractivity contribution < 1.29 is 9.21 Å². The van der Waals surface area contributed by atoms with E-state index in [4.69, 9.17) is 4.42 Å². The monoisotopic (exact) mass is 210 g/mol. The van der Waals surface area contributed by atoms with E-state index in [1.54, 1.807) is 6.26 Å². The number of Topliss-reactive ketones (excluding diaryl/α,β-unsaturated/α-hetero) is 1. The van der Waals surface area contributed by atoms with E-state index >= 15 is 0 Å². The van der Waals surface area contributed by atoms with Gasteiger partial charge in [0.05, 0.1) is 11.5 Å². The molecule has 1 aromatic heterocycles. The fraction of sp³-hybridized carbons (Fsp3) is 0.545. The van der Waals surface area contributed by atoms with Gasteiger partial charge in [-0.25, -0.2) is 0 Å². The van der Waals surface area contributed by atoms with Crippen LogP contribution in [0.5, 0.6) is 0 Å². The molecule has 0 aliphatic carbocycles. The first-order valence-corrected chi connectivity index (χ1v) is 6.08. The molecule has 1 fully saturated rings. The SMILES string of the molecule is O=C(CCc1ccco1)C1CCCS1. The molecule has 1 unspecified atom stereocenters. The van der Waals surface area contributed by atoms with Crippen molar-refractivity contribution in [3.05, 3.63) is 24.2 Å². The van der Waals surface area contributed by atoms with Gasteiger partial charge in [-0.3, -0.25) is 4.79 Å². The van der Waals surface area contributed by atoms with Crippen molar-refractivity contribution in [2.24, 2.45) is 0 Å². The zero-order chi connectivity index (χ0) is 9.80. The van der Waals surface area contributed by atoms with Gasteiger partial charge in [0.25, 0.3) is 0 Å². The summed E-state index contributed by atoms with van der Waals surface area (Å²) < 4.78 is 5.19. The summed E-state index contributed by atoms with van der Waals surface area (Å²) in [5.74, 6) is 2.46. The third-order valence-electron chi connectivity index (χ3n) is 2.49. The molecular weight excluding hydrogens is 196 g/mol. The molecular formula is C11H14O2S. The smallest absolute Gasteiger partial charge is 0.146 e. The minimum atomic E-state index is 0.268. The van der Waals surface area contributed by atoms with Crippen LogP contribution in [0.15, 0.2) is 22.8 Å². The van der Waals surface area contributed by atoms with Gasteiger partial charge in [-0.1, -0.05) is 0 Å². The van der Waals surface area contributed by atoms with Gasteiger partial charge in [0, 0.05) is 12.8 Å². The molecule has 0 radical (unpaired) electrons. The van der Waals surface area contributed by atoms with Crippen LogP contribution in [0, 0.1) is 0 Å². The second kappa shape index (κ2) is 4.69. The van der Waals surface area contributed by atoms with Crippen LogP contribution in [-0.4, -0.2) is 16.8 Å². The Bertz CT molecular complexity index is 286. The van der Waals surface area contributed by atoms with Crippen molar-refractivity contribution in [3.63, 3.8) is 0 Å². The molecule has 0 spiro atoms. The fourth-order valence-electron chi connectivity index (χ4n) is 1.69. The molecule has 76 valence electrons. The predicted octanol–water partition coefficient (Wildman–Crippen LogP) is 2.68. The molecule has 0 saturated carbocycles. The lowest BCUT2D eigenvalue weighted by atomic mass is 10.1. The van der Waals surface area contributed by atoms with Gasteiger partial charge >= 0.3 is 0 Å². The molecule has 0 amide bonds. The van der Waals surface area contributed by atoms with Gasteiger partial charge < -0.3 is 4.42 Å². The van der Waals surface area contributed by atoms with Gasteiger partial charge in [0.2, 0.25) is 0 Å². The topological polar surface area (TPSA) is 30.2 Å². The summed E-state index contributed by atoms with van der Waals surface area (Å²) in [6, 6.07) is 3.79. The van der Waals surface area contributed by atoms with Crippen molar-refractivity contribution in [1.82, 2.24) is 0 Å². The van der Waals surface area contributed by atoms with Crippen LogP contribution >= 0.6 is 11.8 Å². The van der Waals surface area contributed by atoms with Crippen LogP contribution in [0.2, 0.25) is 0 Å². The second-order valence-corrected chi connectivity index (χ2v) is 4.86. The van der Waals surface area contributed by atoms with E-state index in [0.29, 0.717) is 12.2 Å². The van der Waals surface area contributed by atoms with E-state index in [1.165, 1.54) is 6.42 Å². The van der Waals surface area contributed by atoms with Crippen molar-refractivity contribution >= 4 is 17.5 Å². The molecule has 1 aromatic rings. The first-order valence-electron chi connectivity index (χ1n) is 5.03. The Balaban J connectivity index is 1.77. The third kappa shape index (κ3) is 2.41. The molecule has 0 N–H and O–H groups in total. The van der Waals surface area contributed by atoms with Crippen molar-refractivity contribution in [2.75, 3.05) is 5.75 Å². The number of thioether (sulfide) groups is 1. The number of hydrogen-bond donors (Lipinski definition) is 0. The summed E-state index contributed by atoms with van der Waals surface area (Å²) in [7, 11) is 0. The lowest BCUT2D eigenvalue weighted by Crippen LogP contribution is -2.14. The lowest BCUT2D eigenvalue weighted by Gasteiger charge is -2.05. The average molecular weight is 210 g/mol. The second-order valence-electron chi connectivity index (χ2n) is 3.55. The fourth-order valence-corrected chi connectivity index (χ4v) is 2.95. The van der Waals surface area contributed by atoms with Crippen LogP contribution in [0.4, 0.5) is 0 Å². The Morgan fingerprint density at radius 3 is 3.21 bits per heavy atom. The first kappa shape index (κ1) is 9.84. The molecule has 3 heteroatoms. The number of carbonyl (C=O) groups excluding carboxylic acids is 1. The van der Waals surface area contributed by atoms with Crippen LogP contribution < -0.4 is 0 Å². The average Bonchev–Trinajstić information content (AvgIpc) is 2.87. The Morgan fingerprint density at radius 2 is 2.57 bits per heavy atom. The normalized spacial score (nSPS) is 21.3. The van der Waals surface area contributed by atoms with E-state index in [0.717, 1.165) is 24.4 Å². The maximum absolute atomic E-state index is 11.7. The van der Waals surface area contributed by atoms with Crippen molar-refractivity contribution in [2.45, 2.75) is 30.9 Å². The van der Waals surface area contributed by atoms with Crippen LogP contribution in [0.3, 0.4) is 0 Å². The number of rotatable bonds is 4. The largest absolute Gasteiger partial charge is 0.469 e. The zero-order valence-electron chi connectivity index (χ0n) is 8.07. The predicted molar refractivity (Wildman–Crippen MR) is 57.5 cm³/mol. The van der Waals surface area contributed by atoms with Gasteiger partial charge in [-0.15, -0.1) is 0 Å². The Kier molecular flexibility index (Phi) is 3.30. The van der Waals surface area contributed by atoms with Crippen LogP contribution in [-0.2, 0) is 11.2 Å². The van der Waals surface area contributed by atoms with Gasteiger partial charge in [-0.05, 0) is 30.7 Å². The van der Waals surface area contributed by atoms with E-state index in [9.17, 15) is 4.79 Å². The number of carbonyl (C=O) groups is 1. The first-order chi connectivity index (χ1) is 6.86. The maximum Gasteiger partial charge on any atom is 0.146 e. The summed E-state index contributed by atoms with van der Waals surface area (Å²) in [6.45, 7) is 0. The van der Waals surface area contributed by atoms with E-state index in [2.05, 4.69) is 0 Å². The minimum Gasteiger partial charge on any atom is -0.469 e. The molecule has 1 aliphatic heterocycles. The van der Waals surface area contributed by atoms with Gasteiger partial charge in [-0.2, -0.15) is 11.8 Å². The summed E-state index contributed by atoms with van der Waals surface area (Å²) in [5.41, 5.74) is 0. The highest BCUT2D eigenvalue weighted by Gasteiger charge is 2.22. The third-order valence-corrected chi connectivity index (χ3v) is 3.91. The molecule has 2 heterocycles. The Labute approximate surface area is 88.1 Å². The maximum atomic E-state index is 11.7. The Hall–Kier alpha value is -0.700. The standard InChI is InChI=1S/C11H14O2S/c12-10(11-4-2-8-14-11)6-5-9-3-1-7-13-9/h1,3,7,11H,2,4-6,8H2. The lowest BCUT2D eigenvalue weighted by molar-refractivity contribution is -0.118. The van der Waals surface area contributed by atoms with Crippen LogP contribution in [0.1, 0.15) is 25.0 Å². The van der Waals surface area contributed by atoms with Crippen molar-refractivity contribution in [3.8, 4) is 0 Å². The van der Waals surface area contributed by atoms with Gasteiger partial charge in [0.15, 0.2) is 0 Å². The van der Waals surface area contributed by atoms with Crippen molar-refractivity contribution in [1.29, 1.82) is 0 Å². The summed E-state index contributed by atoms with van der Waals surface area (Å²) in [4.78, 5) is 11.7. The number of aryl methyl sites for hydroxylation is 1. The number of furan rings is 1. The molecule has 14 heavy (non-hydrogen) atoms. The summed E-state index contributed by atoms with van der Waals surface area (Å²) >= 11 is 1.81. The highest BCUT2D eigenvalue weighted by Crippen LogP contribution is 2.27. The molecule has 0 bridgehead atoms. The minimum absolute atomic E-state index is 0.268. The Morgan fingerprint density at radius 1 is 1.64 bits per heavy atom. The molecule has 1 saturated heterocycles. The highest BCUT2D eigenvalue weighted by atomic mass is 32.2. The summed E-state index contributed by atoms with van der Waals surface area (Å²) in [5, 5.41) is 0.268. The van der Waals surface area contributed by atoms with E-state index in [-0.39, 0.29) is 5.25 Å². The van der Waals surface area contributed by atoms with Gasteiger partial charge in [0.1, 0.15) is 11.5 Å².